The van der Waals surface area contributed by atoms with Crippen molar-refractivity contribution in [3.8, 4) is 11.5 Å². The topological polar surface area (TPSA) is 96.3 Å². The highest BCUT2D eigenvalue weighted by atomic mass is 16.5. The lowest BCUT2D eigenvalue weighted by atomic mass is 9.94. The van der Waals surface area contributed by atoms with Gasteiger partial charge >= 0.3 is 0 Å². The Balaban J connectivity index is 2.15. The van der Waals surface area contributed by atoms with Crippen LogP contribution in [0.2, 0.25) is 0 Å². The summed E-state index contributed by atoms with van der Waals surface area (Å²) in [6.07, 6.45) is -0.0273. The van der Waals surface area contributed by atoms with E-state index < -0.39 is 17.7 Å². The third kappa shape index (κ3) is 4.56. The van der Waals surface area contributed by atoms with Crippen molar-refractivity contribution in [3.05, 3.63) is 64.7 Å². The third-order valence-electron chi connectivity index (χ3n) is 5.14. The minimum absolute atomic E-state index is 0.0239. The first-order valence-electron chi connectivity index (χ1n) is 10.1. The molecule has 1 aliphatic heterocycles. The average molecular weight is 425 g/mol. The Labute approximate surface area is 181 Å². The molecule has 1 amide bonds. The zero-order valence-corrected chi connectivity index (χ0v) is 18.1. The number of phenolic OH excluding ortho intramolecular Hbond substituents is 1. The van der Waals surface area contributed by atoms with Gasteiger partial charge in [-0.15, -0.1) is 0 Å². The number of aromatic hydroxyl groups is 1. The maximum Gasteiger partial charge on any atom is 0.295 e. The molecule has 0 spiro atoms. The van der Waals surface area contributed by atoms with E-state index in [1.165, 1.54) is 24.1 Å². The second kappa shape index (κ2) is 9.22. The zero-order chi connectivity index (χ0) is 22.7. The molecule has 1 heterocycles. The van der Waals surface area contributed by atoms with E-state index in [-0.39, 0.29) is 36.3 Å². The molecule has 0 bridgehead atoms. The van der Waals surface area contributed by atoms with Crippen LogP contribution in [0.25, 0.3) is 5.76 Å². The standard InChI is InChI=1S/C24H27NO6/c1-14(2)31-12-11-25-21(16-6-8-17(26)9-7-16)20(23(28)24(25)29)22(27)18-13-15(3)5-10-19(18)30-4/h5-10,13-14,21,26-27H,11-12H2,1-4H3/b22-20+. The smallest absolute Gasteiger partial charge is 0.295 e. The number of Topliss-reactive ketones (excluding diaryl/α,β-unsaturated/α-hetero) is 1. The Kier molecular flexibility index (Phi) is 6.65. The van der Waals surface area contributed by atoms with Crippen molar-refractivity contribution in [1.29, 1.82) is 0 Å². The predicted octanol–water partition coefficient (Wildman–Crippen LogP) is 3.56. The maximum atomic E-state index is 13.0. The zero-order valence-electron chi connectivity index (χ0n) is 18.1. The fourth-order valence-corrected chi connectivity index (χ4v) is 3.65. The van der Waals surface area contributed by atoms with Crippen LogP contribution in [0.3, 0.4) is 0 Å². The van der Waals surface area contributed by atoms with Crippen molar-refractivity contribution in [2.75, 3.05) is 20.3 Å². The summed E-state index contributed by atoms with van der Waals surface area (Å²) in [5, 5.41) is 20.9. The van der Waals surface area contributed by atoms with Crippen LogP contribution in [0.4, 0.5) is 0 Å². The van der Waals surface area contributed by atoms with E-state index in [2.05, 4.69) is 0 Å². The maximum absolute atomic E-state index is 13.0. The highest BCUT2D eigenvalue weighted by molar-refractivity contribution is 6.46. The van der Waals surface area contributed by atoms with Gasteiger partial charge in [0, 0.05) is 6.54 Å². The second-order valence-corrected chi connectivity index (χ2v) is 7.71. The molecule has 2 aromatic rings. The van der Waals surface area contributed by atoms with Crippen LogP contribution in [0.15, 0.2) is 48.0 Å². The molecule has 0 aromatic heterocycles. The number of phenols is 1. The quantitative estimate of drug-likeness (QED) is 0.400. The number of hydrogen-bond acceptors (Lipinski definition) is 6. The number of methoxy groups -OCH3 is 1. The monoisotopic (exact) mass is 425 g/mol. The van der Waals surface area contributed by atoms with Crippen LogP contribution in [-0.4, -0.2) is 53.2 Å². The van der Waals surface area contributed by atoms with Gasteiger partial charge in [-0.25, -0.2) is 0 Å². The van der Waals surface area contributed by atoms with Gasteiger partial charge in [0.2, 0.25) is 0 Å². The molecule has 7 heteroatoms. The number of carbonyl (C=O) groups is 2. The number of likely N-dealkylation sites (tertiary alicyclic amines) is 1. The molecule has 2 N–H and O–H groups in total. The SMILES string of the molecule is COc1ccc(C)cc1/C(O)=C1\C(=O)C(=O)N(CCOC(C)C)C1c1ccc(O)cc1. The van der Waals surface area contributed by atoms with E-state index in [9.17, 15) is 19.8 Å². The molecule has 7 nitrogen and oxygen atoms in total. The van der Waals surface area contributed by atoms with Gasteiger partial charge in [-0.2, -0.15) is 0 Å². The molecule has 31 heavy (non-hydrogen) atoms. The molecule has 0 radical (unpaired) electrons. The van der Waals surface area contributed by atoms with Crippen molar-refractivity contribution in [3.63, 3.8) is 0 Å². The summed E-state index contributed by atoms with van der Waals surface area (Å²) in [6.45, 7) is 6.05. The van der Waals surface area contributed by atoms with Gasteiger partial charge in [0.1, 0.15) is 17.3 Å². The summed E-state index contributed by atoms with van der Waals surface area (Å²) in [5.41, 5.74) is 1.77. The van der Waals surface area contributed by atoms with Crippen LogP contribution in [0.1, 0.15) is 36.6 Å². The summed E-state index contributed by atoms with van der Waals surface area (Å²) < 4.78 is 10.9. The average Bonchev–Trinajstić information content (AvgIpc) is 2.98. The summed E-state index contributed by atoms with van der Waals surface area (Å²) in [7, 11) is 1.47. The van der Waals surface area contributed by atoms with Crippen LogP contribution < -0.4 is 4.74 Å². The summed E-state index contributed by atoms with van der Waals surface area (Å²) >= 11 is 0. The molecule has 164 valence electrons. The van der Waals surface area contributed by atoms with E-state index in [1.54, 1.807) is 24.3 Å². The molecular weight excluding hydrogens is 398 g/mol. The molecule has 1 aliphatic rings. The van der Waals surface area contributed by atoms with E-state index in [4.69, 9.17) is 9.47 Å². The molecule has 2 aromatic carbocycles. The minimum atomic E-state index is -0.818. The van der Waals surface area contributed by atoms with Crippen molar-refractivity contribution in [2.24, 2.45) is 0 Å². The molecule has 1 saturated heterocycles. The van der Waals surface area contributed by atoms with E-state index in [0.717, 1.165) is 5.56 Å². The van der Waals surface area contributed by atoms with Crippen molar-refractivity contribution < 1.29 is 29.3 Å². The molecular formula is C24H27NO6. The molecule has 1 atom stereocenters. The van der Waals surface area contributed by atoms with Crippen LogP contribution >= 0.6 is 0 Å². The lowest BCUT2D eigenvalue weighted by Crippen LogP contribution is -2.33. The minimum Gasteiger partial charge on any atom is -0.508 e. The van der Waals surface area contributed by atoms with Gasteiger partial charge in [0.25, 0.3) is 11.7 Å². The van der Waals surface area contributed by atoms with Crippen molar-refractivity contribution >= 4 is 17.4 Å². The lowest BCUT2D eigenvalue weighted by molar-refractivity contribution is -0.140. The summed E-state index contributed by atoms with van der Waals surface area (Å²) in [4.78, 5) is 27.3. The number of amides is 1. The highest BCUT2D eigenvalue weighted by Gasteiger charge is 2.46. The van der Waals surface area contributed by atoms with E-state index in [1.807, 2.05) is 26.8 Å². The molecule has 1 unspecified atom stereocenters. The number of hydrogen-bond donors (Lipinski definition) is 2. The Hall–Kier alpha value is -3.32. The number of benzene rings is 2. The van der Waals surface area contributed by atoms with Gasteiger partial charge in [0.05, 0.1) is 37.0 Å². The van der Waals surface area contributed by atoms with E-state index >= 15 is 0 Å². The van der Waals surface area contributed by atoms with Gasteiger partial charge in [-0.3, -0.25) is 9.59 Å². The Morgan fingerprint density at radius 2 is 1.81 bits per heavy atom. The number of aryl methyl sites for hydroxylation is 1. The molecule has 0 aliphatic carbocycles. The Morgan fingerprint density at radius 1 is 1.13 bits per heavy atom. The van der Waals surface area contributed by atoms with Crippen LogP contribution in [0.5, 0.6) is 11.5 Å². The Bertz CT molecular complexity index is 1010. The highest BCUT2D eigenvalue weighted by Crippen LogP contribution is 2.41. The summed E-state index contributed by atoms with van der Waals surface area (Å²) in [5.74, 6) is -1.34. The van der Waals surface area contributed by atoms with Crippen LogP contribution in [0, 0.1) is 6.92 Å². The van der Waals surface area contributed by atoms with Crippen molar-refractivity contribution in [2.45, 2.75) is 32.9 Å². The van der Waals surface area contributed by atoms with Gasteiger partial charge in [-0.05, 0) is 50.6 Å². The Morgan fingerprint density at radius 3 is 2.42 bits per heavy atom. The molecule has 1 fully saturated rings. The first-order chi connectivity index (χ1) is 14.7. The van der Waals surface area contributed by atoms with Gasteiger partial charge in [0.15, 0.2) is 0 Å². The largest absolute Gasteiger partial charge is 0.508 e. The fourth-order valence-electron chi connectivity index (χ4n) is 3.65. The van der Waals surface area contributed by atoms with Gasteiger partial charge < -0.3 is 24.6 Å². The number of ketones is 1. The number of aliphatic hydroxyl groups is 1. The number of nitrogens with zero attached hydrogens (tertiary/aromatic N) is 1. The number of rotatable bonds is 7. The third-order valence-corrected chi connectivity index (χ3v) is 5.14. The lowest BCUT2D eigenvalue weighted by Gasteiger charge is -2.26. The summed E-state index contributed by atoms with van der Waals surface area (Å²) in [6, 6.07) is 10.6. The number of ether oxygens (including phenoxy) is 2. The molecule has 3 rings (SSSR count). The predicted molar refractivity (Wildman–Crippen MR) is 116 cm³/mol. The number of carbonyl (C=O) groups excluding carboxylic acids is 2. The fraction of sp³-hybridized carbons (Fsp3) is 0.333. The normalized spacial score (nSPS) is 18.1. The van der Waals surface area contributed by atoms with Gasteiger partial charge in [-0.1, -0.05) is 23.8 Å². The first kappa shape index (κ1) is 22.4. The first-order valence-corrected chi connectivity index (χ1v) is 10.1. The number of aliphatic hydroxyl groups excluding tert-OH is 1. The van der Waals surface area contributed by atoms with Crippen LogP contribution in [-0.2, 0) is 14.3 Å². The van der Waals surface area contributed by atoms with E-state index in [0.29, 0.717) is 16.9 Å². The van der Waals surface area contributed by atoms with Crippen molar-refractivity contribution in [1.82, 2.24) is 4.90 Å². The molecule has 0 saturated carbocycles. The second-order valence-electron chi connectivity index (χ2n) is 7.71.